The number of halogens is 1. The number of hydrogen-bond acceptors (Lipinski definition) is 5. The number of nitriles is 1. The maximum atomic E-state index is 12.9. The van der Waals surface area contributed by atoms with E-state index >= 15 is 0 Å². The average molecular weight is 456 g/mol. The van der Waals surface area contributed by atoms with Crippen LogP contribution in [0.5, 0.6) is 0 Å². The lowest BCUT2D eigenvalue weighted by molar-refractivity contribution is -0.122. The number of fused-ring (bicyclic) bond motifs is 1. The topological polar surface area (TPSA) is 123 Å². The monoisotopic (exact) mass is 455 g/mol. The second-order valence-corrected chi connectivity index (χ2v) is 9.80. The van der Waals surface area contributed by atoms with Gasteiger partial charge in [-0.2, -0.15) is 5.26 Å². The molecule has 2 amide bonds. The van der Waals surface area contributed by atoms with Crippen molar-refractivity contribution in [3.63, 3.8) is 0 Å². The molecule has 1 saturated carbocycles. The summed E-state index contributed by atoms with van der Waals surface area (Å²) in [7, 11) is 0. The van der Waals surface area contributed by atoms with E-state index in [1.165, 1.54) is 6.20 Å². The van der Waals surface area contributed by atoms with E-state index in [4.69, 9.17) is 22.1 Å². The molecule has 0 spiro atoms. The minimum Gasteiger partial charge on any atom is -0.446 e. The number of ether oxygens (including phenoxy) is 1. The highest BCUT2D eigenvalue weighted by molar-refractivity contribution is 6.33. The maximum Gasteiger partial charge on any atom is 0.404 e. The van der Waals surface area contributed by atoms with Gasteiger partial charge in [0.1, 0.15) is 18.0 Å². The smallest absolute Gasteiger partial charge is 0.404 e. The second kappa shape index (κ2) is 8.47. The van der Waals surface area contributed by atoms with Crippen molar-refractivity contribution in [1.29, 1.82) is 5.26 Å². The number of primary amides is 1. The van der Waals surface area contributed by atoms with Gasteiger partial charge in [-0.25, -0.2) is 9.78 Å². The van der Waals surface area contributed by atoms with Crippen LogP contribution in [0.25, 0.3) is 11.3 Å². The molecule has 0 bridgehead atoms. The zero-order chi connectivity index (χ0) is 23.0. The van der Waals surface area contributed by atoms with Crippen molar-refractivity contribution in [3.05, 3.63) is 34.6 Å². The summed E-state index contributed by atoms with van der Waals surface area (Å²) in [5.41, 5.74) is 8.39. The quantitative estimate of drug-likeness (QED) is 0.713. The molecule has 0 unspecified atom stereocenters. The van der Waals surface area contributed by atoms with Crippen molar-refractivity contribution >= 4 is 29.4 Å². The van der Waals surface area contributed by atoms with Crippen LogP contribution in [-0.4, -0.2) is 27.7 Å². The van der Waals surface area contributed by atoms with Crippen molar-refractivity contribution in [1.82, 2.24) is 9.55 Å². The number of anilines is 1. The third-order valence-electron chi connectivity index (χ3n) is 6.22. The van der Waals surface area contributed by atoms with Gasteiger partial charge >= 0.3 is 6.09 Å². The van der Waals surface area contributed by atoms with Gasteiger partial charge in [-0.15, -0.1) is 0 Å². The molecule has 1 aliphatic heterocycles. The van der Waals surface area contributed by atoms with Crippen LogP contribution < -0.4 is 11.1 Å². The SMILES string of the molecule is CC1(C)Cc2c(C#N)cc(-c3cc(NC(=O)[C@H]4CCC[C@@H](OC(N)=O)C4)ncc3Cl)n2C1. The van der Waals surface area contributed by atoms with Crippen LogP contribution in [0.1, 0.15) is 50.8 Å². The molecular weight excluding hydrogens is 430 g/mol. The zero-order valence-electron chi connectivity index (χ0n) is 18.2. The van der Waals surface area contributed by atoms with Crippen molar-refractivity contribution in [2.24, 2.45) is 17.1 Å². The van der Waals surface area contributed by atoms with Gasteiger partial charge in [0.2, 0.25) is 5.91 Å². The van der Waals surface area contributed by atoms with E-state index in [1.807, 2.05) is 6.07 Å². The summed E-state index contributed by atoms with van der Waals surface area (Å²) >= 11 is 6.48. The van der Waals surface area contributed by atoms with Gasteiger partial charge in [0.25, 0.3) is 0 Å². The molecule has 0 saturated heterocycles. The minimum atomic E-state index is -0.820. The van der Waals surface area contributed by atoms with Gasteiger partial charge in [0.05, 0.1) is 16.3 Å². The van der Waals surface area contributed by atoms with Gasteiger partial charge < -0.3 is 20.4 Å². The summed E-state index contributed by atoms with van der Waals surface area (Å²) in [5, 5.41) is 12.9. The number of rotatable bonds is 4. The fourth-order valence-electron chi connectivity index (χ4n) is 4.80. The molecule has 0 aromatic carbocycles. The second-order valence-electron chi connectivity index (χ2n) is 9.39. The highest BCUT2D eigenvalue weighted by Crippen LogP contribution is 2.41. The molecule has 0 radical (unpaired) electrons. The molecule has 3 heterocycles. The number of nitrogens with zero attached hydrogens (tertiary/aromatic N) is 3. The first kappa shape index (κ1) is 22.2. The van der Waals surface area contributed by atoms with Crippen LogP contribution >= 0.6 is 11.6 Å². The molecule has 2 aliphatic rings. The Kier molecular flexibility index (Phi) is 5.87. The number of pyridine rings is 1. The molecule has 9 heteroatoms. The van der Waals surface area contributed by atoms with E-state index in [1.54, 1.807) is 6.07 Å². The predicted molar refractivity (Wildman–Crippen MR) is 120 cm³/mol. The van der Waals surface area contributed by atoms with Gasteiger partial charge in [0, 0.05) is 29.9 Å². The molecule has 2 atom stereocenters. The van der Waals surface area contributed by atoms with Crippen LogP contribution in [0, 0.1) is 22.7 Å². The lowest BCUT2D eigenvalue weighted by Gasteiger charge is -2.27. The Balaban J connectivity index is 1.57. The molecule has 2 aromatic rings. The van der Waals surface area contributed by atoms with Crippen LogP contribution in [0.2, 0.25) is 5.02 Å². The number of carbonyl (C=O) groups excluding carboxylic acids is 2. The Morgan fingerprint density at radius 2 is 2.16 bits per heavy atom. The normalized spacial score (nSPS) is 21.4. The first-order valence-electron chi connectivity index (χ1n) is 10.7. The van der Waals surface area contributed by atoms with Crippen molar-refractivity contribution in [2.75, 3.05) is 5.32 Å². The Morgan fingerprint density at radius 1 is 1.38 bits per heavy atom. The standard InChI is InChI=1S/C23H26ClN5O3/c1-23(2)9-19-14(10-25)7-18(29(19)12-23)16-8-20(27-11-17(16)24)28-21(30)13-4-3-5-15(6-13)32-22(26)31/h7-8,11,13,15H,3-6,9,12H2,1-2H3,(H2,26,31)(H,27,28,30)/t13-,15+/m0/s1. The largest absolute Gasteiger partial charge is 0.446 e. The molecule has 3 N–H and O–H groups in total. The summed E-state index contributed by atoms with van der Waals surface area (Å²) in [6, 6.07) is 5.89. The zero-order valence-corrected chi connectivity index (χ0v) is 18.9. The van der Waals surface area contributed by atoms with Crippen LogP contribution in [0.15, 0.2) is 18.3 Å². The molecule has 1 aliphatic carbocycles. The van der Waals surface area contributed by atoms with E-state index in [-0.39, 0.29) is 23.3 Å². The summed E-state index contributed by atoms with van der Waals surface area (Å²) in [5.74, 6) is -0.0843. The minimum absolute atomic E-state index is 0.0536. The third-order valence-corrected chi connectivity index (χ3v) is 6.52. The summed E-state index contributed by atoms with van der Waals surface area (Å²) in [6.45, 7) is 5.12. The van der Waals surface area contributed by atoms with Gasteiger partial charge in [-0.05, 0) is 49.7 Å². The Labute approximate surface area is 191 Å². The van der Waals surface area contributed by atoms with Crippen molar-refractivity contribution in [2.45, 2.75) is 58.6 Å². The fourth-order valence-corrected chi connectivity index (χ4v) is 5.00. The predicted octanol–water partition coefficient (Wildman–Crippen LogP) is 4.25. The number of aromatic nitrogens is 2. The average Bonchev–Trinajstić information content (AvgIpc) is 3.21. The van der Waals surface area contributed by atoms with Gasteiger partial charge in [0.15, 0.2) is 0 Å². The van der Waals surface area contributed by atoms with Crippen LogP contribution in [0.3, 0.4) is 0 Å². The van der Waals surface area contributed by atoms with Crippen LogP contribution in [-0.2, 0) is 22.5 Å². The lowest BCUT2D eigenvalue weighted by atomic mass is 9.86. The molecule has 4 rings (SSSR count). The Bertz CT molecular complexity index is 1120. The number of carbonyl (C=O) groups is 2. The Morgan fingerprint density at radius 3 is 2.88 bits per heavy atom. The van der Waals surface area contributed by atoms with Gasteiger partial charge in [-0.3, -0.25) is 4.79 Å². The summed E-state index contributed by atoms with van der Waals surface area (Å²) in [6.07, 6.45) is 3.78. The molecule has 1 fully saturated rings. The molecule has 8 nitrogen and oxygen atoms in total. The molecule has 168 valence electrons. The number of nitrogens with two attached hydrogens (primary N) is 1. The number of amides is 2. The maximum absolute atomic E-state index is 12.9. The van der Waals surface area contributed by atoms with Gasteiger partial charge in [-0.1, -0.05) is 25.4 Å². The first-order chi connectivity index (χ1) is 15.2. The van der Waals surface area contributed by atoms with E-state index in [0.717, 1.165) is 36.3 Å². The summed E-state index contributed by atoms with van der Waals surface area (Å²) in [4.78, 5) is 28.2. The van der Waals surface area contributed by atoms with Crippen LogP contribution in [0.4, 0.5) is 10.6 Å². The molecular formula is C23H26ClN5O3. The number of hydrogen-bond donors (Lipinski definition) is 2. The molecule has 2 aromatic heterocycles. The van der Waals surface area contributed by atoms with E-state index in [0.29, 0.717) is 35.7 Å². The van der Waals surface area contributed by atoms with E-state index in [2.05, 4.69) is 34.8 Å². The fraction of sp³-hybridized carbons (Fsp3) is 0.478. The third kappa shape index (κ3) is 4.44. The number of nitrogens with one attached hydrogen (secondary N) is 1. The van der Waals surface area contributed by atoms with E-state index < -0.39 is 6.09 Å². The highest BCUT2D eigenvalue weighted by Gasteiger charge is 2.34. The van der Waals surface area contributed by atoms with E-state index in [9.17, 15) is 14.9 Å². The lowest BCUT2D eigenvalue weighted by Crippen LogP contribution is -2.33. The summed E-state index contributed by atoms with van der Waals surface area (Å²) < 4.78 is 7.22. The van der Waals surface area contributed by atoms with Crippen molar-refractivity contribution in [3.8, 4) is 17.3 Å². The molecule has 32 heavy (non-hydrogen) atoms. The van der Waals surface area contributed by atoms with Crippen molar-refractivity contribution < 1.29 is 14.3 Å². The highest BCUT2D eigenvalue weighted by atomic mass is 35.5. The Hall–Kier alpha value is -3.05. The first-order valence-corrected chi connectivity index (χ1v) is 11.1.